The molecule has 0 saturated carbocycles. The third-order valence-electron chi connectivity index (χ3n) is 1.73. The van der Waals surface area contributed by atoms with E-state index in [-0.39, 0.29) is 0 Å². The lowest BCUT2D eigenvalue weighted by Gasteiger charge is -2.05. The Hall–Kier alpha value is -1.55. The zero-order valence-corrected chi connectivity index (χ0v) is 7.41. The van der Waals surface area contributed by atoms with Crippen LogP contribution in [-0.4, -0.2) is 13.0 Å². The van der Waals surface area contributed by atoms with E-state index in [1.165, 1.54) is 0 Å². The van der Waals surface area contributed by atoms with Crippen molar-refractivity contribution < 1.29 is 9.53 Å². The quantitative estimate of drug-likeness (QED) is 0.665. The molecule has 0 fully saturated rings. The molecule has 0 atom stereocenters. The van der Waals surface area contributed by atoms with Crippen molar-refractivity contribution >= 4 is 11.6 Å². The molecule has 4 nitrogen and oxygen atoms in total. The highest BCUT2D eigenvalue weighted by Crippen LogP contribution is 2.14. The van der Waals surface area contributed by atoms with Crippen LogP contribution < -0.4 is 11.5 Å². The van der Waals surface area contributed by atoms with Gasteiger partial charge in [-0.3, -0.25) is 4.79 Å². The smallest absolute Gasteiger partial charge is 0.248 e. The normalized spacial score (nSPS) is 9.92. The molecule has 0 aliphatic rings. The number of hydrogen-bond acceptors (Lipinski definition) is 3. The molecule has 0 aliphatic heterocycles. The summed E-state index contributed by atoms with van der Waals surface area (Å²) in [5, 5.41) is 0. The van der Waals surface area contributed by atoms with Crippen molar-refractivity contribution in [2.75, 3.05) is 12.8 Å². The van der Waals surface area contributed by atoms with Gasteiger partial charge in [0.25, 0.3) is 0 Å². The summed E-state index contributed by atoms with van der Waals surface area (Å²) < 4.78 is 4.91. The fraction of sp³-hybridized carbons (Fsp3) is 0.222. The molecule has 70 valence electrons. The van der Waals surface area contributed by atoms with E-state index in [0.29, 0.717) is 17.9 Å². The monoisotopic (exact) mass is 180 g/mol. The maximum atomic E-state index is 10.8. The second-order valence-electron chi connectivity index (χ2n) is 2.71. The van der Waals surface area contributed by atoms with Crippen molar-refractivity contribution in [1.29, 1.82) is 0 Å². The number of benzene rings is 1. The molecule has 1 aromatic carbocycles. The molecule has 0 spiro atoms. The highest BCUT2D eigenvalue weighted by Gasteiger charge is 2.04. The second-order valence-corrected chi connectivity index (χ2v) is 2.71. The van der Waals surface area contributed by atoms with Gasteiger partial charge in [-0.15, -0.1) is 0 Å². The van der Waals surface area contributed by atoms with Crippen LogP contribution in [0, 0.1) is 0 Å². The van der Waals surface area contributed by atoms with Gasteiger partial charge >= 0.3 is 0 Å². The summed E-state index contributed by atoms with van der Waals surface area (Å²) in [7, 11) is 1.57. The molecule has 1 amide bonds. The maximum absolute atomic E-state index is 10.8. The molecule has 0 unspecified atom stereocenters. The molecule has 0 radical (unpaired) electrons. The Morgan fingerprint density at radius 3 is 2.77 bits per heavy atom. The number of nitrogens with two attached hydrogens (primary N) is 2. The third-order valence-corrected chi connectivity index (χ3v) is 1.73. The summed E-state index contributed by atoms with van der Waals surface area (Å²) in [6, 6.07) is 4.88. The molecule has 1 aromatic rings. The Kier molecular flexibility index (Phi) is 2.87. The van der Waals surface area contributed by atoms with Crippen LogP contribution in [0.2, 0.25) is 0 Å². The van der Waals surface area contributed by atoms with Crippen molar-refractivity contribution in [3.63, 3.8) is 0 Å². The Morgan fingerprint density at radius 2 is 2.23 bits per heavy atom. The van der Waals surface area contributed by atoms with E-state index < -0.39 is 5.91 Å². The van der Waals surface area contributed by atoms with Gasteiger partial charge in [0.1, 0.15) is 0 Å². The number of ether oxygens (including phenoxy) is 1. The van der Waals surface area contributed by atoms with Crippen LogP contribution >= 0.6 is 0 Å². The first-order valence-electron chi connectivity index (χ1n) is 3.82. The average molecular weight is 180 g/mol. The minimum atomic E-state index is -0.461. The first kappa shape index (κ1) is 9.54. The van der Waals surface area contributed by atoms with Gasteiger partial charge in [0.05, 0.1) is 6.61 Å². The SMILES string of the molecule is COCc1cc(C(N)=O)ccc1N. The predicted molar refractivity (Wildman–Crippen MR) is 50.1 cm³/mol. The van der Waals surface area contributed by atoms with E-state index in [9.17, 15) is 4.79 Å². The molecule has 0 heterocycles. The van der Waals surface area contributed by atoms with Gasteiger partial charge in [0, 0.05) is 23.9 Å². The van der Waals surface area contributed by atoms with E-state index >= 15 is 0 Å². The average Bonchev–Trinajstić information content (AvgIpc) is 2.08. The molecule has 0 aromatic heterocycles. The number of nitrogen functional groups attached to an aromatic ring is 1. The first-order valence-corrected chi connectivity index (χ1v) is 3.82. The number of carbonyl (C=O) groups excluding carboxylic acids is 1. The molecule has 13 heavy (non-hydrogen) atoms. The molecular weight excluding hydrogens is 168 g/mol. The van der Waals surface area contributed by atoms with Crippen molar-refractivity contribution in [3.8, 4) is 0 Å². The standard InChI is InChI=1S/C9H12N2O2/c1-13-5-7-4-6(9(11)12)2-3-8(7)10/h2-4H,5,10H2,1H3,(H2,11,12). The number of carbonyl (C=O) groups is 1. The van der Waals surface area contributed by atoms with Gasteiger partial charge < -0.3 is 16.2 Å². The van der Waals surface area contributed by atoms with Crippen LogP contribution in [0.15, 0.2) is 18.2 Å². The number of methoxy groups -OCH3 is 1. The topological polar surface area (TPSA) is 78.3 Å². The summed E-state index contributed by atoms with van der Waals surface area (Å²) in [5.41, 5.74) is 12.6. The van der Waals surface area contributed by atoms with Gasteiger partial charge in [0.15, 0.2) is 0 Å². The van der Waals surface area contributed by atoms with Gasteiger partial charge in [-0.05, 0) is 18.2 Å². The molecular formula is C9H12N2O2. The molecule has 0 saturated heterocycles. The zero-order valence-electron chi connectivity index (χ0n) is 7.41. The number of rotatable bonds is 3. The lowest BCUT2D eigenvalue weighted by atomic mass is 10.1. The lowest BCUT2D eigenvalue weighted by molar-refractivity contribution is 0.1000. The predicted octanol–water partition coefficient (Wildman–Crippen LogP) is 0.514. The maximum Gasteiger partial charge on any atom is 0.248 e. The fourth-order valence-electron chi connectivity index (χ4n) is 1.04. The minimum Gasteiger partial charge on any atom is -0.398 e. The summed E-state index contributed by atoms with van der Waals surface area (Å²) in [4.78, 5) is 10.8. The number of hydrogen-bond donors (Lipinski definition) is 2. The van der Waals surface area contributed by atoms with Crippen molar-refractivity contribution in [1.82, 2.24) is 0 Å². The number of primary amides is 1. The highest BCUT2D eigenvalue weighted by molar-refractivity contribution is 5.93. The van der Waals surface area contributed by atoms with E-state index in [0.717, 1.165) is 5.56 Å². The van der Waals surface area contributed by atoms with Crippen LogP contribution in [0.25, 0.3) is 0 Å². The second kappa shape index (κ2) is 3.91. The van der Waals surface area contributed by atoms with Gasteiger partial charge in [-0.2, -0.15) is 0 Å². The first-order chi connectivity index (χ1) is 6.15. The number of anilines is 1. The molecule has 0 aliphatic carbocycles. The van der Waals surface area contributed by atoms with Gasteiger partial charge in [-0.1, -0.05) is 0 Å². The Balaban J connectivity index is 3.03. The number of amides is 1. The van der Waals surface area contributed by atoms with E-state index in [2.05, 4.69) is 0 Å². The molecule has 1 rings (SSSR count). The molecule has 4 N–H and O–H groups in total. The summed E-state index contributed by atoms with van der Waals surface area (Å²) >= 11 is 0. The molecule has 0 bridgehead atoms. The van der Waals surface area contributed by atoms with Crippen LogP contribution in [0.3, 0.4) is 0 Å². The van der Waals surface area contributed by atoms with E-state index in [1.807, 2.05) is 0 Å². The summed E-state index contributed by atoms with van der Waals surface area (Å²) in [6.45, 7) is 0.382. The Labute approximate surface area is 76.5 Å². The van der Waals surface area contributed by atoms with Crippen LogP contribution in [0.5, 0.6) is 0 Å². The van der Waals surface area contributed by atoms with E-state index in [4.69, 9.17) is 16.2 Å². The van der Waals surface area contributed by atoms with Crippen LogP contribution in [0.4, 0.5) is 5.69 Å². The zero-order chi connectivity index (χ0) is 9.84. The Bertz CT molecular complexity index is 323. The highest BCUT2D eigenvalue weighted by atomic mass is 16.5. The summed E-state index contributed by atoms with van der Waals surface area (Å²) in [6.07, 6.45) is 0. The van der Waals surface area contributed by atoms with Crippen LogP contribution in [0.1, 0.15) is 15.9 Å². The van der Waals surface area contributed by atoms with E-state index in [1.54, 1.807) is 25.3 Å². The van der Waals surface area contributed by atoms with Gasteiger partial charge in [-0.25, -0.2) is 0 Å². The van der Waals surface area contributed by atoms with Gasteiger partial charge in [0.2, 0.25) is 5.91 Å². The third kappa shape index (κ3) is 2.19. The fourth-order valence-corrected chi connectivity index (χ4v) is 1.04. The summed E-state index contributed by atoms with van der Waals surface area (Å²) in [5.74, 6) is -0.461. The largest absolute Gasteiger partial charge is 0.398 e. The van der Waals surface area contributed by atoms with Crippen LogP contribution in [-0.2, 0) is 11.3 Å². The van der Waals surface area contributed by atoms with Crippen molar-refractivity contribution in [2.24, 2.45) is 5.73 Å². The lowest BCUT2D eigenvalue weighted by Crippen LogP contribution is -2.11. The molecule has 4 heteroatoms. The van der Waals surface area contributed by atoms with Crippen molar-refractivity contribution in [2.45, 2.75) is 6.61 Å². The van der Waals surface area contributed by atoms with Crippen molar-refractivity contribution in [3.05, 3.63) is 29.3 Å². The minimum absolute atomic E-state index is 0.382. The Morgan fingerprint density at radius 1 is 1.54 bits per heavy atom.